The van der Waals surface area contributed by atoms with Crippen LogP contribution in [0.1, 0.15) is 32.1 Å². The van der Waals surface area contributed by atoms with E-state index in [1.807, 2.05) is 6.07 Å². The van der Waals surface area contributed by atoms with E-state index >= 15 is 0 Å². The molecule has 1 saturated carbocycles. The fourth-order valence-corrected chi connectivity index (χ4v) is 4.29. The lowest BCUT2D eigenvalue weighted by atomic mass is 10.0. The van der Waals surface area contributed by atoms with Crippen LogP contribution in [-0.2, 0) is 9.84 Å². The molecule has 0 aliphatic heterocycles. The zero-order chi connectivity index (χ0) is 12.3. The second-order valence-electron chi connectivity index (χ2n) is 4.58. The van der Waals surface area contributed by atoms with Gasteiger partial charge in [-0.3, -0.25) is 0 Å². The highest BCUT2D eigenvalue weighted by atomic mass is 32.2. The third kappa shape index (κ3) is 2.63. The lowest BCUT2D eigenvalue weighted by Gasteiger charge is -2.22. The van der Waals surface area contributed by atoms with E-state index in [0.717, 1.165) is 31.4 Å². The molecule has 4 heteroatoms. The summed E-state index contributed by atoms with van der Waals surface area (Å²) in [6, 6.07) is 7.09. The summed E-state index contributed by atoms with van der Waals surface area (Å²) in [6.07, 6.45) is 4.87. The van der Waals surface area contributed by atoms with E-state index in [0.29, 0.717) is 4.90 Å². The molecule has 0 bridgehead atoms. The topological polar surface area (TPSA) is 46.2 Å². The van der Waals surface area contributed by atoms with E-state index in [9.17, 15) is 8.42 Å². The maximum Gasteiger partial charge on any atom is 0.181 e. The van der Waals surface area contributed by atoms with Gasteiger partial charge in [-0.2, -0.15) is 0 Å². The van der Waals surface area contributed by atoms with Crippen LogP contribution in [0.4, 0.5) is 5.69 Å². The van der Waals surface area contributed by atoms with Crippen molar-refractivity contribution >= 4 is 15.5 Å². The minimum atomic E-state index is -3.13. The SMILES string of the molecule is CNc1cccc(S(=O)(=O)C2CCCCC2)c1. The molecule has 1 aromatic rings. The Balaban J connectivity index is 2.29. The van der Waals surface area contributed by atoms with Crippen LogP contribution in [0.15, 0.2) is 29.2 Å². The molecule has 1 fully saturated rings. The number of nitrogens with one attached hydrogen (secondary N) is 1. The Morgan fingerprint density at radius 3 is 2.53 bits per heavy atom. The minimum Gasteiger partial charge on any atom is -0.388 e. The van der Waals surface area contributed by atoms with Gasteiger partial charge >= 0.3 is 0 Å². The predicted octanol–water partition coefficient (Wildman–Crippen LogP) is 2.83. The Kier molecular flexibility index (Phi) is 3.72. The summed E-state index contributed by atoms with van der Waals surface area (Å²) in [5.74, 6) is 0. The van der Waals surface area contributed by atoms with Crippen molar-refractivity contribution in [2.24, 2.45) is 0 Å². The molecule has 2 rings (SSSR count). The lowest BCUT2D eigenvalue weighted by Crippen LogP contribution is -2.24. The van der Waals surface area contributed by atoms with Crippen LogP contribution in [0, 0.1) is 0 Å². The minimum absolute atomic E-state index is 0.177. The van der Waals surface area contributed by atoms with Crippen LogP contribution >= 0.6 is 0 Å². The average Bonchev–Trinajstić information content (AvgIpc) is 2.40. The van der Waals surface area contributed by atoms with Crippen molar-refractivity contribution in [1.29, 1.82) is 0 Å². The van der Waals surface area contributed by atoms with Gasteiger partial charge in [-0.15, -0.1) is 0 Å². The highest BCUT2D eigenvalue weighted by Crippen LogP contribution is 2.29. The van der Waals surface area contributed by atoms with Gasteiger partial charge < -0.3 is 5.32 Å². The van der Waals surface area contributed by atoms with Gasteiger partial charge in [0, 0.05) is 12.7 Å². The number of rotatable bonds is 3. The number of benzene rings is 1. The Morgan fingerprint density at radius 1 is 1.18 bits per heavy atom. The summed E-state index contributed by atoms with van der Waals surface area (Å²) >= 11 is 0. The third-order valence-corrected chi connectivity index (χ3v) is 5.70. The van der Waals surface area contributed by atoms with Gasteiger partial charge in [0.15, 0.2) is 9.84 Å². The van der Waals surface area contributed by atoms with Gasteiger partial charge in [-0.25, -0.2) is 8.42 Å². The molecule has 0 saturated heterocycles. The molecule has 0 radical (unpaired) electrons. The molecule has 0 spiro atoms. The van der Waals surface area contributed by atoms with Gasteiger partial charge in [-0.05, 0) is 31.0 Å². The molecular weight excluding hydrogens is 234 g/mol. The van der Waals surface area contributed by atoms with Crippen molar-refractivity contribution in [2.45, 2.75) is 42.2 Å². The summed E-state index contributed by atoms with van der Waals surface area (Å²) in [5.41, 5.74) is 0.849. The van der Waals surface area contributed by atoms with Gasteiger partial charge in [0.1, 0.15) is 0 Å². The first-order valence-corrected chi connectivity index (χ1v) is 7.71. The van der Waals surface area contributed by atoms with E-state index in [1.54, 1.807) is 25.2 Å². The van der Waals surface area contributed by atoms with Crippen molar-refractivity contribution in [2.75, 3.05) is 12.4 Å². The largest absolute Gasteiger partial charge is 0.388 e. The number of hydrogen-bond acceptors (Lipinski definition) is 3. The zero-order valence-electron chi connectivity index (χ0n) is 10.1. The Labute approximate surface area is 103 Å². The van der Waals surface area contributed by atoms with Crippen LogP contribution < -0.4 is 5.32 Å². The second-order valence-corrected chi connectivity index (χ2v) is 6.81. The molecule has 0 amide bonds. The summed E-state index contributed by atoms with van der Waals surface area (Å²) in [7, 11) is -1.34. The quantitative estimate of drug-likeness (QED) is 0.901. The summed E-state index contributed by atoms with van der Waals surface area (Å²) in [4.78, 5) is 0.455. The van der Waals surface area contributed by atoms with Gasteiger partial charge in [0.2, 0.25) is 0 Å². The van der Waals surface area contributed by atoms with Gasteiger partial charge in [-0.1, -0.05) is 25.3 Å². The first-order chi connectivity index (χ1) is 8.14. The van der Waals surface area contributed by atoms with E-state index in [-0.39, 0.29) is 5.25 Å². The predicted molar refractivity (Wildman–Crippen MR) is 70.0 cm³/mol. The van der Waals surface area contributed by atoms with Crippen molar-refractivity contribution in [3.05, 3.63) is 24.3 Å². The standard InChI is InChI=1S/C13H19NO2S/c1-14-11-6-5-9-13(10-11)17(15,16)12-7-3-2-4-8-12/h5-6,9-10,12,14H,2-4,7-8H2,1H3. The highest BCUT2D eigenvalue weighted by molar-refractivity contribution is 7.92. The number of anilines is 1. The van der Waals surface area contributed by atoms with Crippen LogP contribution in [0.2, 0.25) is 0 Å². The maximum atomic E-state index is 12.4. The highest BCUT2D eigenvalue weighted by Gasteiger charge is 2.28. The lowest BCUT2D eigenvalue weighted by molar-refractivity contribution is 0.483. The average molecular weight is 253 g/mol. The Morgan fingerprint density at radius 2 is 1.88 bits per heavy atom. The normalized spacial score (nSPS) is 17.9. The van der Waals surface area contributed by atoms with Gasteiger partial charge in [0.05, 0.1) is 10.1 Å². The zero-order valence-corrected chi connectivity index (χ0v) is 11.0. The summed E-state index contributed by atoms with van der Waals surface area (Å²) in [6.45, 7) is 0. The van der Waals surface area contributed by atoms with E-state index < -0.39 is 9.84 Å². The number of sulfone groups is 1. The number of hydrogen-bond donors (Lipinski definition) is 1. The third-order valence-electron chi connectivity index (χ3n) is 3.44. The van der Waals surface area contributed by atoms with Crippen LogP contribution in [0.5, 0.6) is 0 Å². The monoisotopic (exact) mass is 253 g/mol. The van der Waals surface area contributed by atoms with Crippen LogP contribution in [-0.4, -0.2) is 20.7 Å². The van der Waals surface area contributed by atoms with Crippen molar-refractivity contribution in [1.82, 2.24) is 0 Å². The fourth-order valence-electron chi connectivity index (χ4n) is 2.40. The smallest absolute Gasteiger partial charge is 0.181 e. The molecule has 0 atom stereocenters. The summed E-state index contributed by atoms with van der Waals surface area (Å²) in [5, 5.41) is 2.80. The second kappa shape index (κ2) is 5.08. The molecule has 1 N–H and O–H groups in total. The molecule has 1 aromatic carbocycles. The van der Waals surface area contributed by atoms with Crippen molar-refractivity contribution in [3.8, 4) is 0 Å². The first kappa shape index (κ1) is 12.4. The molecule has 0 aromatic heterocycles. The maximum absolute atomic E-state index is 12.4. The van der Waals surface area contributed by atoms with Gasteiger partial charge in [0.25, 0.3) is 0 Å². The molecule has 1 aliphatic carbocycles. The van der Waals surface area contributed by atoms with E-state index in [2.05, 4.69) is 5.32 Å². The fraction of sp³-hybridized carbons (Fsp3) is 0.538. The van der Waals surface area contributed by atoms with Crippen LogP contribution in [0.3, 0.4) is 0 Å². The molecule has 0 heterocycles. The Bertz CT molecular complexity index is 476. The van der Waals surface area contributed by atoms with E-state index in [4.69, 9.17) is 0 Å². The first-order valence-electron chi connectivity index (χ1n) is 6.16. The summed E-state index contributed by atoms with van der Waals surface area (Å²) < 4.78 is 24.9. The molecular formula is C13H19NO2S. The Hall–Kier alpha value is -1.03. The van der Waals surface area contributed by atoms with E-state index in [1.165, 1.54) is 6.42 Å². The molecule has 0 unspecified atom stereocenters. The molecule has 94 valence electrons. The van der Waals surface area contributed by atoms with Crippen molar-refractivity contribution in [3.63, 3.8) is 0 Å². The van der Waals surface area contributed by atoms with Crippen LogP contribution in [0.25, 0.3) is 0 Å². The molecule has 17 heavy (non-hydrogen) atoms. The molecule has 3 nitrogen and oxygen atoms in total. The molecule has 1 aliphatic rings. The van der Waals surface area contributed by atoms with Crippen molar-refractivity contribution < 1.29 is 8.42 Å².